The van der Waals surface area contributed by atoms with Crippen molar-refractivity contribution < 1.29 is 4.74 Å². The summed E-state index contributed by atoms with van der Waals surface area (Å²) in [5.74, 6) is 0. The number of methoxy groups -OCH3 is 1. The Morgan fingerprint density at radius 3 is 1.53 bits per heavy atom. The summed E-state index contributed by atoms with van der Waals surface area (Å²) in [6.07, 6.45) is 3.41. The molecule has 0 aromatic carbocycles. The highest BCUT2D eigenvalue weighted by Crippen LogP contribution is 2.47. The van der Waals surface area contributed by atoms with Crippen molar-refractivity contribution in [2.75, 3.05) is 7.11 Å². The van der Waals surface area contributed by atoms with E-state index in [0.29, 0.717) is 10.8 Å². The van der Waals surface area contributed by atoms with Crippen LogP contribution in [0, 0.1) is 10.8 Å². The summed E-state index contributed by atoms with van der Waals surface area (Å²) in [7, 11) is 1.84. The zero-order valence-electron chi connectivity index (χ0n) is 12.0. The molecule has 0 N–H and O–H groups in total. The molecule has 0 saturated carbocycles. The smallest absolute Gasteiger partial charge is 0.0653 e. The van der Waals surface area contributed by atoms with Gasteiger partial charge in [-0.2, -0.15) is 0 Å². The van der Waals surface area contributed by atoms with Crippen LogP contribution in [0.25, 0.3) is 0 Å². The molecular weight excluding hydrogens is 184 g/mol. The lowest BCUT2D eigenvalue weighted by Crippen LogP contribution is -2.41. The first-order valence-corrected chi connectivity index (χ1v) is 6.19. The van der Waals surface area contributed by atoms with Crippen LogP contribution in [0.5, 0.6) is 0 Å². The molecule has 1 heteroatoms. The first-order chi connectivity index (χ1) is 6.64. The van der Waals surface area contributed by atoms with E-state index in [9.17, 15) is 0 Å². The van der Waals surface area contributed by atoms with E-state index in [1.54, 1.807) is 0 Å². The van der Waals surface area contributed by atoms with Crippen LogP contribution >= 0.6 is 0 Å². The van der Waals surface area contributed by atoms with Crippen LogP contribution in [0.4, 0.5) is 0 Å². The summed E-state index contributed by atoms with van der Waals surface area (Å²) in [5.41, 5.74) is 0.697. The number of hydrogen-bond acceptors (Lipinski definition) is 1. The molecule has 0 heterocycles. The van der Waals surface area contributed by atoms with E-state index in [0.717, 1.165) is 12.8 Å². The lowest BCUT2D eigenvalue weighted by molar-refractivity contribution is -0.0633. The van der Waals surface area contributed by atoms with E-state index < -0.39 is 0 Å². The summed E-state index contributed by atoms with van der Waals surface area (Å²) in [4.78, 5) is 0. The summed E-state index contributed by atoms with van der Waals surface area (Å²) < 4.78 is 5.68. The Morgan fingerprint density at radius 1 is 0.867 bits per heavy atom. The molecule has 0 bridgehead atoms. The number of rotatable bonds is 5. The van der Waals surface area contributed by atoms with Gasteiger partial charge in [-0.25, -0.2) is 0 Å². The van der Waals surface area contributed by atoms with Crippen LogP contribution < -0.4 is 0 Å². The number of hydrogen-bond donors (Lipinski definition) is 0. The van der Waals surface area contributed by atoms with Gasteiger partial charge >= 0.3 is 0 Å². The fourth-order valence-electron chi connectivity index (χ4n) is 2.09. The molecule has 0 radical (unpaired) electrons. The van der Waals surface area contributed by atoms with E-state index in [1.165, 1.54) is 6.42 Å². The van der Waals surface area contributed by atoms with Gasteiger partial charge in [-0.15, -0.1) is 0 Å². The van der Waals surface area contributed by atoms with Crippen molar-refractivity contribution >= 4 is 0 Å². The molecule has 0 saturated heterocycles. The fourth-order valence-corrected chi connectivity index (χ4v) is 2.09. The summed E-state index contributed by atoms with van der Waals surface area (Å²) in [6.45, 7) is 16.1. The van der Waals surface area contributed by atoms with Gasteiger partial charge in [0.05, 0.1) is 5.60 Å². The van der Waals surface area contributed by atoms with Crippen molar-refractivity contribution in [1.82, 2.24) is 0 Å². The minimum absolute atomic E-state index is 0.0258. The average molecular weight is 214 g/mol. The summed E-state index contributed by atoms with van der Waals surface area (Å²) in [5, 5.41) is 0. The summed E-state index contributed by atoms with van der Waals surface area (Å²) in [6, 6.07) is 0. The molecular formula is C14H30O. The lowest BCUT2D eigenvalue weighted by atomic mass is 9.61. The average Bonchev–Trinajstić information content (AvgIpc) is 2.15. The van der Waals surface area contributed by atoms with Crippen LogP contribution in [-0.4, -0.2) is 12.7 Å². The maximum atomic E-state index is 5.68. The molecule has 0 spiro atoms. The quantitative estimate of drug-likeness (QED) is 0.647. The van der Waals surface area contributed by atoms with Crippen molar-refractivity contribution in [2.45, 2.75) is 73.3 Å². The third-order valence-corrected chi connectivity index (χ3v) is 4.60. The Labute approximate surface area is 96.6 Å². The monoisotopic (exact) mass is 214 g/mol. The van der Waals surface area contributed by atoms with Crippen LogP contribution in [0.2, 0.25) is 0 Å². The molecule has 0 aromatic heterocycles. The van der Waals surface area contributed by atoms with E-state index in [1.807, 2.05) is 7.11 Å². The molecule has 92 valence electrons. The van der Waals surface area contributed by atoms with E-state index in [2.05, 4.69) is 48.5 Å². The SMILES string of the molecule is CCC(C)(CC(C)(CC)C(C)(C)C)OC. The van der Waals surface area contributed by atoms with Gasteiger partial charge in [0.15, 0.2) is 0 Å². The minimum atomic E-state index is 0.0258. The van der Waals surface area contributed by atoms with Gasteiger partial charge in [-0.3, -0.25) is 0 Å². The molecule has 15 heavy (non-hydrogen) atoms. The van der Waals surface area contributed by atoms with Crippen LogP contribution in [-0.2, 0) is 4.74 Å². The molecule has 0 rings (SSSR count). The van der Waals surface area contributed by atoms with E-state index >= 15 is 0 Å². The second kappa shape index (κ2) is 4.86. The largest absolute Gasteiger partial charge is 0.379 e. The highest BCUT2D eigenvalue weighted by atomic mass is 16.5. The maximum absolute atomic E-state index is 5.68. The molecule has 0 amide bonds. The second-order valence-corrected chi connectivity index (χ2v) is 6.35. The first-order valence-electron chi connectivity index (χ1n) is 6.19. The molecule has 2 atom stereocenters. The number of ether oxygens (including phenoxy) is 1. The maximum Gasteiger partial charge on any atom is 0.0653 e. The Morgan fingerprint density at radius 2 is 1.33 bits per heavy atom. The first kappa shape index (κ1) is 15.0. The van der Waals surface area contributed by atoms with Crippen LogP contribution in [0.15, 0.2) is 0 Å². The molecule has 2 unspecified atom stereocenters. The van der Waals surface area contributed by atoms with Crippen molar-refractivity contribution in [1.29, 1.82) is 0 Å². The minimum Gasteiger partial charge on any atom is -0.379 e. The molecule has 0 aliphatic heterocycles. The molecule has 0 aromatic rings. The van der Waals surface area contributed by atoms with Gasteiger partial charge in [-0.05, 0) is 30.6 Å². The van der Waals surface area contributed by atoms with Crippen molar-refractivity contribution in [3.8, 4) is 0 Å². The normalized spacial score (nSPS) is 20.8. The topological polar surface area (TPSA) is 9.23 Å². The Balaban J connectivity index is 4.86. The third kappa shape index (κ3) is 3.48. The zero-order chi connectivity index (χ0) is 12.3. The van der Waals surface area contributed by atoms with Crippen molar-refractivity contribution in [2.24, 2.45) is 10.8 Å². The van der Waals surface area contributed by atoms with E-state index in [-0.39, 0.29) is 5.60 Å². The van der Waals surface area contributed by atoms with Crippen LogP contribution in [0.1, 0.15) is 67.7 Å². The predicted octanol–water partition coefficient (Wildman–Crippen LogP) is 4.65. The van der Waals surface area contributed by atoms with Gasteiger partial charge in [0, 0.05) is 7.11 Å². The molecule has 0 aliphatic rings. The fraction of sp³-hybridized carbons (Fsp3) is 1.00. The van der Waals surface area contributed by atoms with Gasteiger partial charge in [-0.1, -0.05) is 48.0 Å². The highest BCUT2D eigenvalue weighted by Gasteiger charge is 2.41. The Bertz CT molecular complexity index is 186. The van der Waals surface area contributed by atoms with E-state index in [4.69, 9.17) is 4.74 Å². The van der Waals surface area contributed by atoms with Gasteiger partial charge < -0.3 is 4.74 Å². The van der Waals surface area contributed by atoms with Gasteiger partial charge in [0.1, 0.15) is 0 Å². The highest BCUT2D eigenvalue weighted by molar-refractivity contribution is 4.91. The standard InChI is InChI=1S/C14H30O/c1-9-13(6,12(3,4)5)11-14(7,10-2)15-8/h9-11H2,1-8H3. The van der Waals surface area contributed by atoms with Gasteiger partial charge in [0.2, 0.25) is 0 Å². The molecule has 1 nitrogen and oxygen atoms in total. The second-order valence-electron chi connectivity index (χ2n) is 6.35. The predicted molar refractivity (Wildman–Crippen MR) is 68.2 cm³/mol. The Kier molecular flexibility index (Phi) is 4.85. The summed E-state index contributed by atoms with van der Waals surface area (Å²) >= 11 is 0. The van der Waals surface area contributed by atoms with Crippen molar-refractivity contribution in [3.63, 3.8) is 0 Å². The zero-order valence-corrected chi connectivity index (χ0v) is 12.0. The van der Waals surface area contributed by atoms with Crippen molar-refractivity contribution in [3.05, 3.63) is 0 Å². The third-order valence-electron chi connectivity index (χ3n) is 4.60. The molecule has 0 fully saturated rings. The Hall–Kier alpha value is -0.0400. The van der Waals surface area contributed by atoms with Crippen LogP contribution in [0.3, 0.4) is 0 Å². The molecule has 0 aliphatic carbocycles. The lowest BCUT2D eigenvalue weighted by Gasteiger charge is -2.46. The van der Waals surface area contributed by atoms with Gasteiger partial charge in [0.25, 0.3) is 0 Å².